The molecule has 1 aliphatic carbocycles. The van der Waals surface area contributed by atoms with Gasteiger partial charge in [0.25, 0.3) is 0 Å². The van der Waals surface area contributed by atoms with Crippen molar-refractivity contribution in [3.05, 3.63) is 41.9 Å². The number of hydrazone groups is 1. The summed E-state index contributed by atoms with van der Waals surface area (Å²) in [6.45, 7) is 0.431. The summed E-state index contributed by atoms with van der Waals surface area (Å²) in [4.78, 5) is 13.0. The number of benzene rings is 1. The molecule has 27 heavy (non-hydrogen) atoms. The third kappa shape index (κ3) is 3.43. The number of para-hydroxylation sites is 1. The summed E-state index contributed by atoms with van der Waals surface area (Å²) < 4.78 is 7.35. The van der Waals surface area contributed by atoms with Crippen LogP contribution >= 0.6 is 0 Å². The minimum atomic E-state index is 0.111. The zero-order valence-corrected chi connectivity index (χ0v) is 14.9. The van der Waals surface area contributed by atoms with Crippen LogP contribution in [0.1, 0.15) is 30.3 Å². The molecule has 0 bridgehead atoms. The molecule has 1 saturated carbocycles. The smallest absolute Gasteiger partial charge is 0.221 e. The lowest BCUT2D eigenvalue weighted by molar-refractivity contribution is 0.419. The number of aromatic nitrogens is 4. The van der Waals surface area contributed by atoms with E-state index in [1.165, 1.54) is 12.8 Å². The summed E-state index contributed by atoms with van der Waals surface area (Å²) in [5.41, 5.74) is 8.27. The largest absolute Gasteiger partial charge is 0.494 e. The molecule has 0 amide bonds. The highest BCUT2D eigenvalue weighted by molar-refractivity contribution is 6.40. The molecule has 1 fully saturated rings. The molecule has 0 radical (unpaired) electrons. The Bertz CT molecular complexity index is 1040. The van der Waals surface area contributed by atoms with E-state index in [1.807, 2.05) is 35.1 Å². The summed E-state index contributed by atoms with van der Waals surface area (Å²) in [6, 6.07) is 8.04. The standard InChI is InChI=1S/C18H20N8O/c1-27-15-4-2-3-13-16(22-18(19)23-17(13)15)14(24-20)10-21-9-11-7-8-26(25-11)12-5-6-12/h2-4,7-8,10,12H,5-6,9,20H2,1H3,(H2,19,22,23). The van der Waals surface area contributed by atoms with Crippen LogP contribution in [0.5, 0.6) is 5.75 Å². The van der Waals surface area contributed by atoms with Crippen LogP contribution in [-0.4, -0.2) is 38.8 Å². The quantitative estimate of drug-likeness (QED) is 0.389. The van der Waals surface area contributed by atoms with Gasteiger partial charge in [-0.25, -0.2) is 9.97 Å². The Kier molecular flexibility index (Phi) is 4.41. The summed E-state index contributed by atoms with van der Waals surface area (Å²) in [5, 5.41) is 9.09. The van der Waals surface area contributed by atoms with Crippen LogP contribution in [0.25, 0.3) is 10.9 Å². The molecule has 3 aromatic rings. The van der Waals surface area contributed by atoms with Gasteiger partial charge >= 0.3 is 0 Å². The van der Waals surface area contributed by atoms with Crippen LogP contribution < -0.4 is 16.3 Å². The number of methoxy groups -OCH3 is 1. The molecule has 138 valence electrons. The molecule has 4 rings (SSSR count). The van der Waals surface area contributed by atoms with E-state index >= 15 is 0 Å². The first kappa shape index (κ1) is 17.0. The summed E-state index contributed by atoms with van der Waals surface area (Å²) in [6.07, 6.45) is 5.96. The molecule has 9 nitrogen and oxygen atoms in total. The number of nitrogens with zero attached hydrogens (tertiary/aromatic N) is 6. The third-order valence-electron chi connectivity index (χ3n) is 4.36. The molecule has 0 atom stereocenters. The molecule has 1 aliphatic rings. The van der Waals surface area contributed by atoms with Crippen molar-refractivity contribution in [3.63, 3.8) is 0 Å². The maximum Gasteiger partial charge on any atom is 0.221 e. The van der Waals surface area contributed by atoms with E-state index in [2.05, 4.69) is 25.2 Å². The number of hydrogen-bond acceptors (Lipinski definition) is 8. The van der Waals surface area contributed by atoms with Crippen LogP contribution in [0.3, 0.4) is 0 Å². The zero-order chi connectivity index (χ0) is 18.8. The number of aliphatic imine (C=N–C) groups is 1. The van der Waals surface area contributed by atoms with Crippen molar-refractivity contribution in [1.82, 2.24) is 19.7 Å². The molecule has 2 aromatic heterocycles. The lowest BCUT2D eigenvalue weighted by atomic mass is 10.1. The first-order valence-corrected chi connectivity index (χ1v) is 8.62. The van der Waals surface area contributed by atoms with Crippen molar-refractivity contribution in [2.24, 2.45) is 15.9 Å². The first-order chi connectivity index (χ1) is 13.2. The van der Waals surface area contributed by atoms with Gasteiger partial charge < -0.3 is 16.3 Å². The Morgan fingerprint density at radius 3 is 2.93 bits per heavy atom. The van der Waals surface area contributed by atoms with Gasteiger partial charge in [0.2, 0.25) is 5.95 Å². The van der Waals surface area contributed by atoms with Gasteiger partial charge in [0, 0.05) is 11.6 Å². The molecule has 0 aliphatic heterocycles. The first-order valence-electron chi connectivity index (χ1n) is 8.62. The summed E-state index contributed by atoms with van der Waals surface area (Å²) in [5.74, 6) is 6.30. The Labute approximate surface area is 155 Å². The highest BCUT2D eigenvalue weighted by Gasteiger charge is 2.24. The summed E-state index contributed by atoms with van der Waals surface area (Å²) in [7, 11) is 1.58. The maximum atomic E-state index is 5.87. The Balaban J connectivity index is 1.62. The molecule has 2 heterocycles. The predicted octanol–water partition coefficient (Wildman–Crippen LogP) is 1.69. The van der Waals surface area contributed by atoms with Gasteiger partial charge in [-0.1, -0.05) is 12.1 Å². The van der Waals surface area contributed by atoms with E-state index in [1.54, 1.807) is 13.3 Å². The van der Waals surface area contributed by atoms with Crippen LogP contribution in [0.15, 0.2) is 40.6 Å². The molecular formula is C18H20N8O. The lowest BCUT2D eigenvalue weighted by Gasteiger charge is -2.09. The molecule has 4 N–H and O–H groups in total. The second kappa shape index (κ2) is 7.02. The Hall–Kier alpha value is -3.49. The van der Waals surface area contributed by atoms with Crippen molar-refractivity contribution in [3.8, 4) is 5.75 Å². The number of fused-ring (bicyclic) bond motifs is 1. The van der Waals surface area contributed by atoms with E-state index in [0.29, 0.717) is 35.3 Å². The highest BCUT2D eigenvalue weighted by Crippen LogP contribution is 2.33. The molecule has 0 saturated heterocycles. The van der Waals surface area contributed by atoms with Crippen LogP contribution in [0.4, 0.5) is 5.95 Å². The monoisotopic (exact) mass is 364 g/mol. The average Bonchev–Trinajstić information content (AvgIpc) is 3.43. The van der Waals surface area contributed by atoms with Crippen LogP contribution in [0.2, 0.25) is 0 Å². The minimum Gasteiger partial charge on any atom is -0.494 e. The van der Waals surface area contributed by atoms with Gasteiger partial charge in [-0.2, -0.15) is 10.2 Å². The number of ether oxygens (including phenoxy) is 1. The van der Waals surface area contributed by atoms with Gasteiger partial charge in [-0.3, -0.25) is 9.67 Å². The molecule has 9 heteroatoms. The number of nitrogen functional groups attached to an aromatic ring is 1. The van der Waals surface area contributed by atoms with Gasteiger partial charge in [0.15, 0.2) is 0 Å². The second-order valence-electron chi connectivity index (χ2n) is 6.29. The van der Waals surface area contributed by atoms with Gasteiger partial charge in [0.1, 0.15) is 22.7 Å². The fourth-order valence-corrected chi connectivity index (χ4v) is 2.89. The van der Waals surface area contributed by atoms with Crippen molar-refractivity contribution in [1.29, 1.82) is 0 Å². The molecule has 0 unspecified atom stereocenters. The Morgan fingerprint density at radius 2 is 2.19 bits per heavy atom. The number of nitrogens with two attached hydrogens (primary N) is 2. The second-order valence-corrected chi connectivity index (χ2v) is 6.29. The van der Waals surface area contributed by atoms with E-state index < -0.39 is 0 Å². The minimum absolute atomic E-state index is 0.111. The van der Waals surface area contributed by atoms with Crippen molar-refractivity contribution < 1.29 is 4.74 Å². The molecule has 0 spiro atoms. The zero-order valence-electron chi connectivity index (χ0n) is 14.9. The van der Waals surface area contributed by atoms with Gasteiger partial charge in [0.05, 0.1) is 31.6 Å². The number of rotatable bonds is 6. The fraction of sp³-hybridized carbons (Fsp3) is 0.278. The van der Waals surface area contributed by atoms with Crippen molar-refractivity contribution >= 4 is 28.8 Å². The predicted molar refractivity (Wildman–Crippen MR) is 104 cm³/mol. The van der Waals surface area contributed by atoms with Crippen molar-refractivity contribution in [2.45, 2.75) is 25.4 Å². The van der Waals surface area contributed by atoms with Gasteiger partial charge in [-0.05, 0) is 25.0 Å². The number of hydrogen-bond donors (Lipinski definition) is 2. The fourth-order valence-electron chi connectivity index (χ4n) is 2.89. The summed E-state index contributed by atoms with van der Waals surface area (Å²) >= 11 is 0. The van der Waals surface area contributed by atoms with E-state index in [9.17, 15) is 0 Å². The maximum absolute atomic E-state index is 5.87. The van der Waals surface area contributed by atoms with Gasteiger partial charge in [-0.15, -0.1) is 0 Å². The van der Waals surface area contributed by atoms with E-state index in [0.717, 1.165) is 11.1 Å². The third-order valence-corrected chi connectivity index (χ3v) is 4.36. The SMILES string of the molecule is COc1cccc2c(C(C=NCc3ccn(C4CC4)n3)=NN)nc(N)nc12. The average molecular weight is 364 g/mol. The Morgan fingerprint density at radius 1 is 1.33 bits per heavy atom. The van der Waals surface area contributed by atoms with Crippen LogP contribution in [0, 0.1) is 0 Å². The highest BCUT2D eigenvalue weighted by atomic mass is 16.5. The number of anilines is 1. The lowest BCUT2D eigenvalue weighted by Crippen LogP contribution is -2.12. The van der Waals surface area contributed by atoms with E-state index in [4.69, 9.17) is 16.3 Å². The molecule has 1 aromatic carbocycles. The van der Waals surface area contributed by atoms with E-state index in [-0.39, 0.29) is 5.95 Å². The topological polar surface area (TPSA) is 130 Å². The van der Waals surface area contributed by atoms with Crippen molar-refractivity contribution in [2.75, 3.05) is 12.8 Å². The normalized spacial score (nSPS) is 14.9. The van der Waals surface area contributed by atoms with Crippen LogP contribution in [-0.2, 0) is 6.54 Å². The molecular weight excluding hydrogens is 344 g/mol.